The van der Waals surface area contributed by atoms with Gasteiger partial charge in [0, 0.05) is 30.5 Å². The summed E-state index contributed by atoms with van der Waals surface area (Å²) in [7, 11) is 0. The lowest BCUT2D eigenvalue weighted by Gasteiger charge is -2.10. The average molecular weight is 295 g/mol. The Labute approximate surface area is 128 Å². The van der Waals surface area contributed by atoms with Crippen molar-refractivity contribution in [3.05, 3.63) is 42.4 Å². The van der Waals surface area contributed by atoms with Crippen molar-refractivity contribution in [2.45, 2.75) is 26.7 Å². The Bertz CT molecular complexity index is 824. The molecule has 22 heavy (non-hydrogen) atoms. The molecule has 3 rings (SSSR count). The lowest BCUT2D eigenvalue weighted by atomic mass is 10.1. The van der Waals surface area contributed by atoms with Crippen LogP contribution < -0.4 is 4.74 Å². The minimum absolute atomic E-state index is 0.347. The lowest BCUT2D eigenvalue weighted by molar-refractivity contribution is -0.131. The van der Waals surface area contributed by atoms with E-state index in [1.54, 1.807) is 6.07 Å². The van der Waals surface area contributed by atoms with Crippen LogP contribution in [0.3, 0.4) is 0 Å². The molecule has 1 N–H and O–H groups in total. The van der Waals surface area contributed by atoms with Gasteiger partial charge >= 0.3 is 5.97 Å². The van der Waals surface area contributed by atoms with Gasteiger partial charge in [-0.25, -0.2) is 9.97 Å². The number of para-hydroxylation sites is 1. The van der Waals surface area contributed by atoms with Crippen LogP contribution in [0.2, 0.25) is 0 Å². The van der Waals surface area contributed by atoms with Crippen LogP contribution in [0.15, 0.2) is 36.5 Å². The summed E-state index contributed by atoms with van der Waals surface area (Å²) in [6.07, 6.45) is 3.61. The zero-order valence-electron chi connectivity index (χ0n) is 12.6. The standard InChI is InChI=1S/C17H17N3O2/c1-3-6-15-19-16(13-9-10-18-17(13)20-15)12-7-4-5-8-14(12)22-11(2)21/h4-5,7-10H,3,6H2,1-2H3,(H,18,19,20). The third-order valence-electron chi connectivity index (χ3n) is 3.33. The Morgan fingerprint density at radius 1 is 1.23 bits per heavy atom. The summed E-state index contributed by atoms with van der Waals surface area (Å²) in [5, 5.41) is 0.916. The molecule has 0 aliphatic rings. The maximum absolute atomic E-state index is 11.3. The number of benzene rings is 1. The summed E-state index contributed by atoms with van der Waals surface area (Å²) in [6.45, 7) is 3.49. The molecule has 0 aliphatic heterocycles. The Morgan fingerprint density at radius 2 is 2.05 bits per heavy atom. The monoisotopic (exact) mass is 295 g/mol. The van der Waals surface area contributed by atoms with Crippen LogP contribution in [0.1, 0.15) is 26.1 Å². The summed E-state index contributed by atoms with van der Waals surface area (Å²) in [4.78, 5) is 23.7. The predicted octanol–water partition coefficient (Wildman–Crippen LogP) is 3.50. The number of aromatic amines is 1. The van der Waals surface area contributed by atoms with Gasteiger partial charge in [0.25, 0.3) is 0 Å². The molecule has 0 unspecified atom stereocenters. The molecule has 2 aromatic heterocycles. The van der Waals surface area contributed by atoms with E-state index in [9.17, 15) is 4.79 Å². The van der Waals surface area contributed by atoms with Crippen LogP contribution in [0, 0.1) is 0 Å². The molecule has 3 aromatic rings. The van der Waals surface area contributed by atoms with E-state index < -0.39 is 0 Å². The number of hydrogen-bond donors (Lipinski definition) is 1. The van der Waals surface area contributed by atoms with Crippen LogP contribution in [-0.2, 0) is 11.2 Å². The molecule has 0 spiro atoms. The highest BCUT2D eigenvalue weighted by Crippen LogP contribution is 2.33. The van der Waals surface area contributed by atoms with E-state index in [1.165, 1.54) is 6.92 Å². The van der Waals surface area contributed by atoms with Crippen LogP contribution in [0.5, 0.6) is 5.75 Å². The topological polar surface area (TPSA) is 67.9 Å². The van der Waals surface area contributed by atoms with Crippen molar-refractivity contribution < 1.29 is 9.53 Å². The number of H-pyrrole nitrogens is 1. The first-order valence-electron chi connectivity index (χ1n) is 7.31. The third-order valence-corrected chi connectivity index (χ3v) is 3.33. The minimum Gasteiger partial charge on any atom is -0.426 e. The number of esters is 1. The first-order valence-corrected chi connectivity index (χ1v) is 7.31. The summed E-state index contributed by atoms with van der Waals surface area (Å²) in [5.41, 5.74) is 2.37. The van der Waals surface area contributed by atoms with E-state index in [1.807, 2.05) is 30.5 Å². The molecule has 5 nitrogen and oxygen atoms in total. The van der Waals surface area contributed by atoms with E-state index >= 15 is 0 Å². The second-order valence-corrected chi connectivity index (χ2v) is 5.07. The van der Waals surface area contributed by atoms with Crippen molar-refractivity contribution in [2.24, 2.45) is 0 Å². The van der Waals surface area contributed by atoms with Gasteiger partial charge in [-0.05, 0) is 24.6 Å². The van der Waals surface area contributed by atoms with Gasteiger partial charge in [-0.3, -0.25) is 4.79 Å². The van der Waals surface area contributed by atoms with Gasteiger partial charge in [-0.2, -0.15) is 0 Å². The highest BCUT2D eigenvalue weighted by Gasteiger charge is 2.15. The Kier molecular flexibility index (Phi) is 3.87. The number of ether oxygens (including phenoxy) is 1. The van der Waals surface area contributed by atoms with E-state index in [-0.39, 0.29) is 5.97 Å². The molecule has 112 valence electrons. The highest BCUT2D eigenvalue weighted by atomic mass is 16.5. The number of rotatable bonds is 4. The number of nitrogens with zero attached hydrogens (tertiary/aromatic N) is 2. The molecule has 0 aliphatic carbocycles. The van der Waals surface area contributed by atoms with Gasteiger partial charge < -0.3 is 9.72 Å². The van der Waals surface area contributed by atoms with Crippen LogP contribution in [-0.4, -0.2) is 20.9 Å². The molecule has 0 radical (unpaired) electrons. The lowest BCUT2D eigenvalue weighted by Crippen LogP contribution is -2.04. The van der Waals surface area contributed by atoms with Gasteiger partial charge in [0.05, 0.1) is 5.69 Å². The van der Waals surface area contributed by atoms with Crippen LogP contribution >= 0.6 is 0 Å². The number of carbonyl (C=O) groups excluding carboxylic acids is 1. The first-order chi connectivity index (χ1) is 10.7. The number of fused-ring (bicyclic) bond motifs is 1. The largest absolute Gasteiger partial charge is 0.426 e. The molecular formula is C17H17N3O2. The maximum Gasteiger partial charge on any atom is 0.308 e. The third kappa shape index (κ3) is 2.70. The number of aromatic nitrogens is 3. The molecule has 0 saturated heterocycles. The van der Waals surface area contributed by atoms with Crippen molar-refractivity contribution in [2.75, 3.05) is 0 Å². The molecule has 0 atom stereocenters. The van der Waals surface area contributed by atoms with Crippen molar-refractivity contribution in [3.63, 3.8) is 0 Å². The van der Waals surface area contributed by atoms with E-state index in [4.69, 9.17) is 4.74 Å². The number of aryl methyl sites for hydroxylation is 1. The van der Waals surface area contributed by atoms with Crippen molar-refractivity contribution in [1.29, 1.82) is 0 Å². The predicted molar refractivity (Wildman–Crippen MR) is 84.6 cm³/mol. The van der Waals surface area contributed by atoms with E-state index in [0.717, 1.165) is 41.0 Å². The number of nitrogens with one attached hydrogen (secondary N) is 1. The molecule has 1 aromatic carbocycles. The van der Waals surface area contributed by atoms with Gasteiger partial charge in [0.15, 0.2) is 0 Å². The van der Waals surface area contributed by atoms with E-state index in [2.05, 4.69) is 21.9 Å². The fraction of sp³-hybridized carbons (Fsp3) is 0.235. The number of hydrogen-bond acceptors (Lipinski definition) is 4. The van der Waals surface area contributed by atoms with Crippen molar-refractivity contribution >= 4 is 17.0 Å². The SMILES string of the molecule is CCCc1nc(-c2ccccc2OC(C)=O)c2cc[nH]c2n1. The Morgan fingerprint density at radius 3 is 2.82 bits per heavy atom. The quantitative estimate of drug-likeness (QED) is 0.591. The molecule has 0 amide bonds. The van der Waals surface area contributed by atoms with Crippen molar-refractivity contribution in [1.82, 2.24) is 15.0 Å². The zero-order chi connectivity index (χ0) is 15.5. The van der Waals surface area contributed by atoms with Gasteiger partial charge in [0.1, 0.15) is 17.2 Å². The molecular weight excluding hydrogens is 278 g/mol. The normalized spacial score (nSPS) is 10.8. The van der Waals surface area contributed by atoms with Gasteiger partial charge in [0.2, 0.25) is 0 Å². The number of carbonyl (C=O) groups is 1. The second-order valence-electron chi connectivity index (χ2n) is 5.07. The average Bonchev–Trinajstić information content (AvgIpc) is 2.95. The summed E-state index contributed by atoms with van der Waals surface area (Å²) >= 11 is 0. The van der Waals surface area contributed by atoms with E-state index in [0.29, 0.717) is 5.75 Å². The maximum atomic E-state index is 11.3. The smallest absolute Gasteiger partial charge is 0.308 e. The van der Waals surface area contributed by atoms with Crippen LogP contribution in [0.25, 0.3) is 22.3 Å². The molecule has 2 heterocycles. The Balaban J connectivity index is 2.21. The van der Waals surface area contributed by atoms with Crippen molar-refractivity contribution in [3.8, 4) is 17.0 Å². The molecule has 5 heteroatoms. The highest BCUT2D eigenvalue weighted by molar-refractivity contribution is 5.93. The minimum atomic E-state index is -0.347. The summed E-state index contributed by atoms with van der Waals surface area (Å²) in [6, 6.07) is 9.36. The summed E-state index contributed by atoms with van der Waals surface area (Å²) < 4.78 is 5.32. The van der Waals surface area contributed by atoms with Gasteiger partial charge in [-0.1, -0.05) is 19.1 Å². The molecule has 0 fully saturated rings. The zero-order valence-corrected chi connectivity index (χ0v) is 12.6. The van der Waals surface area contributed by atoms with Crippen LogP contribution in [0.4, 0.5) is 0 Å². The first kappa shape index (κ1) is 14.3. The fourth-order valence-electron chi connectivity index (χ4n) is 2.43. The Hall–Kier alpha value is -2.69. The summed E-state index contributed by atoms with van der Waals surface area (Å²) in [5.74, 6) is 0.948. The molecule has 0 bridgehead atoms. The molecule has 0 saturated carbocycles. The fourth-order valence-corrected chi connectivity index (χ4v) is 2.43. The second kappa shape index (κ2) is 5.97. The van der Waals surface area contributed by atoms with Gasteiger partial charge in [-0.15, -0.1) is 0 Å².